The molecule has 0 fully saturated rings. The third kappa shape index (κ3) is 2.14. The van der Waals surface area contributed by atoms with Gasteiger partial charge in [0, 0.05) is 24.0 Å². The van der Waals surface area contributed by atoms with E-state index < -0.39 is 11.6 Å². The zero-order chi connectivity index (χ0) is 15.7. The minimum absolute atomic E-state index is 0.00459. The first-order chi connectivity index (χ1) is 10.6. The monoisotopic (exact) mass is 298 g/mol. The molecule has 0 unspecified atom stereocenters. The number of nitriles is 1. The second-order valence-electron chi connectivity index (χ2n) is 4.31. The van der Waals surface area contributed by atoms with Gasteiger partial charge in [-0.2, -0.15) is 15.0 Å². The van der Waals surface area contributed by atoms with Crippen LogP contribution in [0.25, 0.3) is 17.2 Å². The molecule has 0 aliphatic rings. The van der Waals surface area contributed by atoms with Crippen molar-refractivity contribution in [2.24, 2.45) is 0 Å². The van der Waals surface area contributed by atoms with E-state index in [0.717, 1.165) is 10.7 Å². The molecule has 0 atom stereocenters. The van der Waals surface area contributed by atoms with E-state index in [0.29, 0.717) is 6.07 Å². The summed E-state index contributed by atoms with van der Waals surface area (Å²) in [5.41, 5.74) is 5.81. The van der Waals surface area contributed by atoms with Crippen molar-refractivity contribution < 1.29 is 8.78 Å². The Labute approximate surface area is 123 Å². The lowest BCUT2D eigenvalue weighted by atomic mass is 10.1. The number of nitrogens with two attached hydrogens (primary N) is 1. The fourth-order valence-electron chi connectivity index (χ4n) is 1.96. The van der Waals surface area contributed by atoms with E-state index in [-0.39, 0.29) is 28.6 Å². The van der Waals surface area contributed by atoms with Crippen LogP contribution in [0.4, 0.5) is 14.6 Å². The molecule has 0 spiro atoms. The normalized spacial score (nSPS) is 10.4. The Hall–Kier alpha value is -3.34. The Morgan fingerprint density at radius 3 is 2.55 bits per heavy atom. The summed E-state index contributed by atoms with van der Waals surface area (Å²) in [4.78, 5) is 7.95. The minimum atomic E-state index is -0.838. The van der Waals surface area contributed by atoms with Crippen LogP contribution in [0.1, 0.15) is 5.56 Å². The Morgan fingerprint density at radius 2 is 1.91 bits per heavy atom. The molecule has 108 valence electrons. The number of anilines is 1. The predicted octanol–water partition coefficient (Wildman–Crippen LogP) is 2.06. The van der Waals surface area contributed by atoms with Crippen LogP contribution in [0.15, 0.2) is 36.7 Å². The van der Waals surface area contributed by atoms with Crippen molar-refractivity contribution in [3.8, 4) is 23.3 Å². The van der Waals surface area contributed by atoms with Gasteiger partial charge in [0.1, 0.15) is 34.8 Å². The highest BCUT2D eigenvalue weighted by molar-refractivity contribution is 5.73. The molecule has 0 amide bonds. The standard InChI is InChI=1S/C14H8F2N6/c15-8-2-3-9(11(16)6-8)12-10(7-17)13(18)22(21-12)14-19-4-1-5-20-14/h1-6H,18H2. The van der Waals surface area contributed by atoms with E-state index >= 15 is 0 Å². The van der Waals surface area contributed by atoms with Gasteiger partial charge in [-0.15, -0.1) is 0 Å². The number of aromatic nitrogens is 4. The quantitative estimate of drug-likeness (QED) is 0.781. The molecule has 2 aromatic heterocycles. The molecule has 2 N–H and O–H groups in total. The molecule has 3 aromatic rings. The maximum Gasteiger partial charge on any atom is 0.252 e. The van der Waals surface area contributed by atoms with Crippen molar-refractivity contribution in [2.45, 2.75) is 0 Å². The van der Waals surface area contributed by atoms with Crippen molar-refractivity contribution in [3.05, 3.63) is 53.9 Å². The van der Waals surface area contributed by atoms with Gasteiger partial charge in [0.2, 0.25) is 0 Å². The Balaban J connectivity index is 2.24. The third-order valence-corrected chi connectivity index (χ3v) is 2.96. The smallest absolute Gasteiger partial charge is 0.252 e. The topological polar surface area (TPSA) is 93.4 Å². The first kappa shape index (κ1) is 13.6. The van der Waals surface area contributed by atoms with E-state index in [2.05, 4.69) is 15.1 Å². The molecule has 2 heterocycles. The van der Waals surface area contributed by atoms with Gasteiger partial charge in [0.15, 0.2) is 0 Å². The maximum atomic E-state index is 13.9. The number of nitrogen functional groups attached to an aromatic ring is 1. The van der Waals surface area contributed by atoms with Crippen LogP contribution in [0.2, 0.25) is 0 Å². The lowest BCUT2D eigenvalue weighted by Gasteiger charge is -2.00. The lowest BCUT2D eigenvalue weighted by molar-refractivity contribution is 0.585. The summed E-state index contributed by atoms with van der Waals surface area (Å²) in [6.07, 6.45) is 2.96. The molecule has 1 aromatic carbocycles. The van der Waals surface area contributed by atoms with E-state index in [4.69, 9.17) is 5.73 Å². The summed E-state index contributed by atoms with van der Waals surface area (Å²) in [6.45, 7) is 0. The van der Waals surface area contributed by atoms with Crippen LogP contribution in [0, 0.1) is 23.0 Å². The number of hydrogen-bond acceptors (Lipinski definition) is 5. The Morgan fingerprint density at radius 1 is 1.18 bits per heavy atom. The van der Waals surface area contributed by atoms with Crippen LogP contribution in [-0.4, -0.2) is 19.7 Å². The summed E-state index contributed by atoms with van der Waals surface area (Å²) in [5.74, 6) is -1.44. The summed E-state index contributed by atoms with van der Waals surface area (Å²) < 4.78 is 28.1. The van der Waals surface area contributed by atoms with E-state index in [1.54, 1.807) is 6.07 Å². The van der Waals surface area contributed by atoms with Gasteiger partial charge in [-0.3, -0.25) is 0 Å². The molecule has 6 nitrogen and oxygen atoms in total. The van der Waals surface area contributed by atoms with Crippen LogP contribution in [-0.2, 0) is 0 Å². The van der Waals surface area contributed by atoms with Crippen LogP contribution in [0.5, 0.6) is 0 Å². The van der Waals surface area contributed by atoms with E-state index in [9.17, 15) is 14.0 Å². The minimum Gasteiger partial charge on any atom is -0.382 e. The first-order valence-corrected chi connectivity index (χ1v) is 6.13. The van der Waals surface area contributed by atoms with Crippen molar-refractivity contribution in [1.82, 2.24) is 19.7 Å². The number of halogens is 2. The number of hydrogen-bond donors (Lipinski definition) is 1. The highest BCUT2D eigenvalue weighted by atomic mass is 19.1. The molecular formula is C14H8F2N6. The fourth-order valence-corrected chi connectivity index (χ4v) is 1.96. The molecule has 0 aliphatic carbocycles. The summed E-state index contributed by atoms with van der Waals surface area (Å²) in [5, 5.41) is 13.3. The highest BCUT2D eigenvalue weighted by Crippen LogP contribution is 2.29. The van der Waals surface area contributed by atoms with Gasteiger partial charge in [-0.25, -0.2) is 18.7 Å². The van der Waals surface area contributed by atoms with Gasteiger partial charge in [0.25, 0.3) is 5.95 Å². The van der Waals surface area contributed by atoms with Crippen LogP contribution >= 0.6 is 0 Å². The zero-order valence-corrected chi connectivity index (χ0v) is 11.0. The first-order valence-electron chi connectivity index (χ1n) is 6.13. The molecule has 3 rings (SSSR count). The Bertz CT molecular complexity index is 882. The van der Waals surface area contributed by atoms with Crippen LogP contribution < -0.4 is 5.73 Å². The molecule has 0 saturated carbocycles. The second-order valence-corrected chi connectivity index (χ2v) is 4.31. The van der Waals surface area contributed by atoms with Gasteiger partial charge in [0.05, 0.1) is 0 Å². The van der Waals surface area contributed by atoms with Gasteiger partial charge >= 0.3 is 0 Å². The van der Waals surface area contributed by atoms with Crippen molar-refractivity contribution in [2.75, 3.05) is 5.73 Å². The van der Waals surface area contributed by atoms with E-state index in [1.807, 2.05) is 6.07 Å². The van der Waals surface area contributed by atoms with Gasteiger partial charge in [-0.05, 0) is 18.2 Å². The molecule has 0 saturated heterocycles. The Kier molecular flexibility index (Phi) is 3.23. The SMILES string of the molecule is N#Cc1c(-c2ccc(F)cc2F)nn(-c2ncccn2)c1N. The fraction of sp³-hybridized carbons (Fsp3) is 0. The summed E-state index contributed by atoms with van der Waals surface area (Å²) in [7, 11) is 0. The second kappa shape index (κ2) is 5.21. The van der Waals surface area contributed by atoms with Gasteiger partial charge < -0.3 is 5.73 Å². The van der Waals surface area contributed by atoms with E-state index in [1.165, 1.54) is 18.5 Å². The summed E-state index contributed by atoms with van der Waals surface area (Å²) in [6, 6.07) is 6.46. The molecule has 0 radical (unpaired) electrons. The average Bonchev–Trinajstić information content (AvgIpc) is 2.84. The maximum absolute atomic E-state index is 13.9. The number of rotatable bonds is 2. The summed E-state index contributed by atoms with van der Waals surface area (Å²) >= 11 is 0. The third-order valence-electron chi connectivity index (χ3n) is 2.96. The van der Waals surface area contributed by atoms with Crippen LogP contribution in [0.3, 0.4) is 0 Å². The average molecular weight is 298 g/mol. The van der Waals surface area contributed by atoms with Crippen molar-refractivity contribution in [1.29, 1.82) is 5.26 Å². The number of benzene rings is 1. The predicted molar refractivity (Wildman–Crippen MR) is 73.6 cm³/mol. The molecular weight excluding hydrogens is 290 g/mol. The molecule has 0 aliphatic heterocycles. The lowest BCUT2D eigenvalue weighted by Crippen LogP contribution is -2.06. The molecule has 8 heteroatoms. The van der Waals surface area contributed by atoms with Crippen molar-refractivity contribution in [3.63, 3.8) is 0 Å². The molecule has 22 heavy (non-hydrogen) atoms. The van der Waals surface area contributed by atoms with Gasteiger partial charge in [-0.1, -0.05) is 0 Å². The highest BCUT2D eigenvalue weighted by Gasteiger charge is 2.21. The van der Waals surface area contributed by atoms with Crippen molar-refractivity contribution >= 4 is 5.82 Å². The molecule has 0 bridgehead atoms. The number of nitrogens with zero attached hydrogens (tertiary/aromatic N) is 5. The zero-order valence-electron chi connectivity index (χ0n) is 11.0. The largest absolute Gasteiger partial charge is 0.382 e.